The standard InChI is InChI=1S/C20H25N/c1-20-15-10-13-12-9-14(18(13)20)17(16(12)15)19(20)21-8-7-11-5-3-2-4-6-11/h2-6,12-19,21H,7-10H2,1H3/t12?,13?,14?,15?,16?,17?,18?,19-,20?/m0/s1. The maximum atomic E-state index is 4.05. The van der Waals surface area contributed by atoms with Gasteiger partial charge in [-0.3, -0.25) is 0 Å². The highest BCUT2D eigenvalue weighted by Gasteiger charge is 2.84. The molecule has 21 heavy (non-hydrogen) atoms. The van der Waals surface area contributed by atoms with Crippen molar-refractivity contribution in [1.29, 1.82) is 0 Å². The molecule has 9 atom stereocenters. The van der Waals surface area contributed by atoms with Crippen LogP contribution in [0.1, 0.15) is 25.3 Å². The molecule has 1 nitrogen and oxygen atoms in total. The van der Waals surface area contributed by atoms with Crippen LogP contribution in [-0.2, 0) is 6.42 Å². The van der Waals surface area contributed by atoms with Gasteiger partial charge in [-0.05, 0) is 78.2 Å². The number of hydrogen-bond acceptors (Lipinski definition) is 1. The predicted molar refractivity (Wildman–Crippen MR) is 83.7 cm³/mol. The molecule has 1 aromatic carbocycles. The fourth-order valence-corrected chi connectivity index (χ4v) is 8.50. The second-order valence-electron chi connectivity index (χ2n) is 8.78. The molecule has 8 unspecified atom stereocenters. The van der Waals surface area contributed by atoms with Gasteiger partial charge in [0.05, 0.1) is 0 Å². The Hall–Kier alpha value is -0.820. The molecule has 0 amide bonds. The summed E-state index contributed by atoms with van der Waals surface area (Å²) in [4.78, 5) is 0. The van der Waals surface area contributed by atoms with Gasteiger partial charge in [-0.15, -0.1) is 0 Å². The number of nitrogens with one attached hydrogen (secondary N) is 1. The molecule has 6 aliphatic rings. The van der Waals surface area contributed by atoms with E-state index in [2.05, 4.69) is 42.6 Å². The first kappa shape index (κ1) is 11.7. The highest BCUT2D eigenvalue weighted by Crippen LogP contribution is 2.86. The van der Waals surface area contributed by atoms with Crippen molar-refractivity contribution in [3.63, 3.8) is 0 Å². The Bertz CT molecular complexity index is 595. The zero-order valence-electron chi connectivity index (χ0n) is 12.8. The van der Waals surface area contributed by atoms with Crippen LogP contribution in [0.3, 0.4) is 0 Å². The van der Waals surface area contributed by atoms with E-state index in [9.17, 15) is 0 Å². The molecule has 0 aliphatic heterocycles. The fourth-order valence-electron chi connectivity index (χ4n) is 8.50. The second kappa shape index (κ2) is 3.56. The van der Waals surface area contributed by atoms with Crippen LogP contribution in [-0.4, -0.2) is 12.6 Å². The lowest BCUT2D eigenvalue weighted by Crippen LogP contribution is -2.43. The van der Waals surface area contributed by atoms with E-state index in [0.29, 0.717) is 5.41 Å². The van der Waals surface area contributed by atoms with E-state index < -0.39 is 0 Å². The Labute approximate surface area is 127 Å². The Kier molecular flexibility index (Phi) is 1.99. The summed E-state index contributed by atoms with van der Waals surface area (Å²) in [5.74, 6) is 7.81. The smallest absolute Gasteiger partial charge is 0.0160 e. The lowest BCUT2D eigenvalue weighted by atomic mass is 9.64. The van der Waals surface area contributed by atoms with Crippen molar-refractivity contribution >= 4 is 0 Å². The van der Waals surface area contributed by atoms with Crippen molar-refractivity contribution in [2.75, 3.05) is 6.54 Å². The lowest BCUT2D eigenvalue weighted by molar-refractivity contribution is 0.0653. The lowest BCUT2D eigenvalue weighted by Gasteiger charge is -2.40. The number of benzene rings is 1. The molecule has 0 heterocycles. The average Bonchev–Trinajstić information content (AvgIpc) is 3.20. The molecule has 1 N–H and O–H groups in total. The second-order valence-corrected chi connectivity index (χ2v) is 8.78. The van der Waals surface area contributed by atoms with Gasteiger partial charge in [-0.1, -0.05) is 37.3 Å². The van der Waals surface area contributed by atoms with Crippen LogP contribution in [0.4, 0.5) is 0 Å². The summed E-state index contributed by atoms with van der Waals surface area (Å²) >= 11 is 0. The summed E-state index contributed by atoms with van der Waals surface area (Å²) in [6.07, 6.45) is 4.39. The van der Waals surface area contributed by atoms with E-state index in [-0.39, 0.29) is 0 Å². The Morgan fingerprint density at radius 3 is 2.71 bits per heavy atom. The van der Waals surface area contributed by atoms with Crippen LogP contribution < -0.4 is 5.32 Å². The molecule has 0 saturated heterocycles. The SMILES string of the molecule is CC12C3CC4C5CC(C(C53)[C@@H]1NCCc1ccccc1)C42. The van der Waals surface area contributed by atoms with Gasteiger partial charge in [0.1, 0.15) is 0 Å². The molecule has 110 valence electrons. The third kappa shape index (κ3) is 1.12. The van der Waals surface area contributed by atoms with Crippen molar-refractivity contribution in [3.8, 4) is 0 Å². The van der Waals surface area contributed by atoms with Crippen LogP contribution in [0.15, 0.2) is 30.3 Å². The van der Waals surface area contributed by atoms with E-state index in [0.717, 1.165) is 47.5 Å². The average molecular weight is 279 g/mol. The topological polar surface area (TPSA) is 12.0 Å². The third-order valence-electron chi connectivity index (χ3n) is 8.63. The van der Waals surface area contributed by atoms with E-state index in [1.54, 1.807) is 12.8 Å². The summed E-state index contributed by atoms with van der Waals surface area (Å²) in [5, 5.41) is 4.05. The molecular formula is C20H25N. The Morgan fingerprint density at radius 2 is 1.90 bits per heavy atom. The summed E-state index contributed by atoms with van der Waals surface area (Å²) in [6.45, 7) is 3.84. The van der Waals surface area contributed by atoms with Crippen LogP contribution in [0.25, 0.3) is 0 Å². The van der Waals surface area contributed by atoms with Crippen LogP contribution in [0.2, 0.25) is 0 Å². The molecule has 6 aliphatic carbocycles. The largest absolute Gasteiger partial charge is 0.313 e. The molecule has 0 spiro atoms. The normalized spacial score (nSPS) is 57.2. The van der Waals surface area contributed by atoms with E-state index in [1.807, 2.05) is 0 Å². The summed E-state index contributed by atoms with van der Waals surface area (Å²) in [6, 6.07) is 11.8. The summed E-state index contributed by atoms with van der Waals surface area (Å²) in [5.41, 5.74) is 2.16. The first-order valence-corrected chi connectivity index (χ1v) is 9.07. The zero-order valence-corrected chi connectivity index (χ0v) is 12.8. The van der Waals surface area contributed by atoms with E-state index in [4.69, 9.17) is 0 Å². The summed E-state index contributed by atoms with van der Waals surface area (Å²) in [7, 11) is 0. The minimum atomic E-state index is 0.675. The molecular weight excluding hydrogens is 254 g/mol. The van der Waals surface area contributed by atoms with Gasteiger partial charge in [0.25, 0.3) is 0 Å². The van der Waals surface area contributed by atoms with Crippen molar-refractivity contribution in [2.45, 2.75) is 32.2 Å². The van der Waals surface area contributed by atoms with Crippen molar-refractivity contribution in [2.24, 2.45) is 46.8 Å². The highest BCUT2D eigenvalue weighted by molar-refractivity contribution is 5.33. The van der Waals surface area contributed by atoms with Crippen molar-refractivity contribution in [1.82, 2.24) is 5.32 Å². The van der Waals surface area contributed by atoms with Gasteiger partial charge in [0.15, 0.2) is 0 Å². The molecule has 7 rings (SSSR count). The van der Waals surface area contributed by atoms with Crippen LogP contribution in [0.5, 0.6) is 0 Å². The first-order valence-electron chi connectivity index (χ1n) is 9.07. The van der Waals surface area contributed by atoms with E-state index >= 15 is 0 Å². The van der Waals surface area contributed by atoms with E-state index in [1.165, 1.54) is 18.5 Å². The molecule has 1 aromatic rings. The van der Waals surface area contributed by atoms with Gasteiger partial charge >= 0.3 is 0 Å². The Balaban J connectivity index is 1.23. The quantitative estimate of drug-likeness (QED) is 0.891. The molecule has 0 aromatic heterocycles. The van der Waals surface area contributed by atoms with Crippen molar-refractivity contribution < 1.29 is 0 Å². The van der Waals surface area contributed by atoms with Gasteiger partial charge in [-0.2, -0.15) is 0 Å². The molecule has 6 saturated carbocycles. The molecule has 0 radical (unpaired) electrons. The van der Waals surface area contributed by atoms with Crippen molar-refractivity contribution in [3.05, 3.63) is 35.9 Å². The van der Waals surface area contributed by atoms with Gasteiger partial charge in [0, 0.05) is 6.04 Å². The van der Waals surface area contributed by atoms with Crippen LogP contribution in [0, 0.1) is 46.8 Å². The predicted octanol–water partition coefficient (Wildman–Crippen LogP) is 3.36. The highest BCUT2D eigenvalue weighted by atomic mass is 15.0. The summed E-state index contributed by atoms with van der Waals surface area (Å²) < 4.78 is 0. The van der Waals surface area contributed by atoms with Crippen LogP contribution >= 0.6 is 0 Å². The molecule has 6 fully saturated rings. The molecule has 1 heteroatoms. The monoisotopic (exact) mass is 279 g/mol. The Morgan fingerprint density at radius 1 is 1.05 bits per heavy atom. The minimum absolute atomic E-state index is 0.675. The number of hydrogen-bond donors (Lipinski definition) is 1. The van der Waals surface area contributed by atoms with Gasteiger partial charge < -0.3 is 5.32 Å². The fraction of sp³-hybridized carbons (Fsp3) is 0.700. The molecule has 6 bridgehead atoms. The minimum Gasteiger partial charge on any atom is -0.313 e. The maximum absolute atomic E-state index is 4.05. The third-order valence-corrected chi connectivity index (χ3v) is 8.63. The van der Waals surface area contributed by atoms with Gasteiger partial charge in [-0.25, -0.2) is 0 Å². The maximum Gasteiger partial charge on any atom is 0.0160 e. The van der Waals surface area contributed by atoms with Gasteiger partial charge in [0.2, 0.25) is 0 Å². The zero-order chi connectivity index (χ0) is 13.8. The number of rotatable bonds is 4. The first-order chi connectivity index (χ1) is 10.3.